The van der Waals surface area contributed by atoms with E-state index in [0.29, 0.717) is 6.54 Å². The molecule has 0 spiro atoms. The van der Waals surface area contributed by atoms with Crippen molar-refractivity contribution in [1.29, 1.82) is 0 Å². The number of hydrogen-bond donors (Lipinski definition) is 3. The van der Waals surface area contributed by atoms with Gasteiger partial charge in [0.1, 0.15) is 6.04 Å². The molecule has 104 valence electrons. The molecule has 0 fully saturated rings. The van der Waals surface area contributed by atoms with Crippen molar-refractivity contribution in [3.05, 3.63) is 34.9 Å². The van der Waals surface area contributed by atoms with Crippen molar-refractivity contribution in [2.24, 2.45) is 5.73 Å². The maximum Gasteiger partial charge on any atom is 0.321 e. The van der Waals surface area contributed by atoms with Crippen LogP contribution in [0.4, 0.5) is 0 Å². The first kappa shape index (κ1) is 14.0. The Balaban J connectivity index is 1.78. The Morgan fingerprint density at radius 1 is 1.32 bits per heavy atom. The molecule has 4 nitrogen and oxygen atoms in total. The van der Waals surface area contributed by atoms with E-state index >= 15 is 0 Å². The zero-order valence-electron chi connectivity index (χ0n) is 11.2. The number of carbonyl (C=O) groups is 1. The molecule has 2 rings (SSSR count). The van der Waals surface area contributed by atoms with E-state index in [2.05, 4.69) is 23.5 Å². The summed E-state index contributed by atoms with van der Waals surface area (Å²) in [6, 6.07) is 5.91. The predicted octanol–water partition coefficient (Wildman–Crippen LogP) is 1.11. The van der Waals surface area contributed by atoms with E-state index in [4.69, 9.17) is 10.8 Å². The third-order valence-electron chi connectivity index (χ3n) is 3.68. The quantitative estimate of drug-likeness (QED) is 0.671. The van der Waals surface area contributed by atoms with Crippen LogP contribution in [-0.4, -0.2) is 30.2 Å². The lowest BCUT2D eigenvalue weighted by atomic mass is 9.90. The summed E-state index contributed by atoms with van der Waals surface area (Å²) in [6.45, 7) is 1.08. The van der Waals surface area contributed by atoms with Gasteiger partial charge in [-0.05, 0) is 55.3 Å². The van der Waals surface area contributed by atoms with Gasteiger partial charge in [-0.2, -0.15) is 0 Å². The molecule has 0 bridgehead atoms. The van der Waals surface area contributed by atoms with Crippen molar-refractivity contribution in [1.82, 2.24) is 5.32 Å². The molecule has 1 aromatic rings. The van der Waals surface area contributed by atoms with E-state index in [9.17, 15) is 4.79 Å². The third-order valence-corrected chi connectivity index (χ3v) is 3.68. The number of carboxylic acid groups (broad SMARTS) is 1. The van der Waals surface area contributed by atoms with Gasteiger partial charge in [0.05, 0.1) is 0 Å². The highest BCUT2D eigenvalue weighted by atomic mass is 16.4. The van der Waals surface area contributed by atoms with Gasteiger partial charge in [0.25, 0.3) is 0 Å². The molecule has 0 amide bonds. The van der Waals surface area contributed by atoms with Crippen LogP contribution in [0.3, 0.4) is 0 Å². The molecule has 19 heavy (non-hydrogen) atoms. The lowest BCUT2D eigenvalue weighted by molar-refractivity contribution is -0.138. The first-order chi connectivity index (χ1) is 9.16. The highest BCUT2D eigenvalue weighted by Gasteiger charge is 2.11. The van der Waals surface area contributed by atoms with E-state index in [0.717, 1.165) is 13.0 Å². The summed E-state index contributed by atoms with van der Waals surface area (Å²) in [7, 11) is 0. The van der Waals surface area contributed by atoms with Gasteiger partial charge in [-0.15, -0.1) is 0 Å². The Bertz CT molecular complexity index is 446. The van der Waals surface area contributed by atoms with Gasteiger partial charge < -0.3 is 16.2 Å². The average molecular weight is 262 g/mol. The second kappa shape index (κ2) is 6.68. The van der Waals surface area contributed by atoms with Crippen molar-refractivity contribution >= 4 is 5.97 Å². The molecule has 4 N–H and O–H groups in total. The number of nitrogens with two attached hydrogens (primary N) is 1. The maximum atomic E-state index is 10.6. The van der Waals surface area contributed by atoms with Crippen molar-refractivity contribution < 1.29 is 9.90 Å². The molecule has 1 atom stereocenters. The zero-order chi connectivity index (χ0) is 13.7. The number of carboxylic acids is 1. The van der Waals surface area contributed by atoms with Crippen LogP contribution in [0.25, 0.3) is 0 Å². The first-order valence-corrected chi connectivity index (χ1v) is 6.96. The number of fused-ring (bicyclic) bond motifs is 1. The van der Waals surface area contributed by atoms with Crippen molar-refractivity contribution in [3.8, 4) is 0 Å². The Morgan fingerprint density at radius 2 is 2.05 bits per heavy atom. The van der Waals surface area contributed by atoms with Crippen LogP contribution in [0.5, 0.6) is 0 Å². The molecule has 1 aliphatic rings. The molecule has 0 heterocycles. The first-order valence-electron chi connectivity index (χ1n) is 6.96. The predicted molar refractivity (Wildman–Crippen MR) is 75.3 cm³/mol. The number of hydrogen-bond acceptors (Lipinski definition) is 3. The minimum absolute atomic E-state index is 0.320. The molecule has 1 unspecified atom stereocenters. The minimum Gasteiger partial charge on any atom is -0.480 e. The summed E-state index contributed by atoms with van der Waals surface area (Å²) in [6.07, 6.45) is 5.92. The van der Waals surface area contributed by atoms with E-state index in [1.807, 2.05) is 0 Å². The fourth-order valence-electron chi connectivity index (χ4n) is 2.52. The van der Waals surface area contributed by atoms with Crippen LogP contribution in [-0.2, 0) is 24.1 Å². The molecule has 0 saturated carbocycles. The molecule has 1 aromatic carbocycles. The van der Waals surface area contributed by atoms with Crippen LogP contribution in [0.15, 0.2) is 18.2 Å². The lowest BCUT2D eigenvalue weighted by Crippen LogP contribution is -2.40. The summed E-state index contributed by atoms with van der Waals surface area (Å²) in [4.78, 5) is 10.6. The average Bonchev–Trinajstić information content (AvgIpc) is 2.43. The summed E-state index contributed by atoms with van der Waals surface area (Å²) in [5.41, 5.74) is 9.73. The molecule has 0 radical (unpaired) electrons. The van der Waals surface area contributed by atoms with Gasteiger partial charge >= 0.3 is 5.97 Å². The van der Waals surface area contributed by atoms with Crippen LogP contribution >= 0.6 is 0 Å². The van der Waals surface area contributed by atoms with E-state index in [-0.39, 0.29) is 0 Å². The second-order valence-corrected chi connectivity index (χ2v) is 5.21. The third kappa shape index (κ3) is 4.04. The second-order valence-electron chi connectivity index (χ2n) is 5.21. The molecule has 0 aromatic heterocycles. The van der Waals surface area contributed by atoms with Crippen LogP contribution < -0.4 is 11.1 Å². The molecule has 4 heteroatoms. The number of nitrogens with one attached hydrogen (secondary N) is 1. The van der Waals surface area contributed by atoms with E-state index in [1.54, 1.807) is 0 Å². The monoisotopic (exact) mass is 262 g/mol. The summed E-state index contributed by atoms with van der Waals surface area (Å²) in [5.74, 6) is -0.957. The van der Waals surface area contributed by atoms with Gasteiger partial charge in [0.2, 0.25) is 0 Å². The Morgan fingerprint density at radius 3 is 2.79 bits per heavy atom. The molecule has 1 aliphatic carbocycles. The van der Waals surface area contributed by atoms with E-state index < -0.39 is 12.0 Å². The molecular weight excluding hydrogens is 240 g/mol. The fraction of sp³-hybridized carbons (Fsp3) is 0.533. The Hall–Kier alpha value is -1.39. The fourth-order valence-corrected chi connectivity index (χ4v) is 2.52. The zero-order valence-corrected chi connectivity index (χ0v) is 11.2. The van der Waals surface area contributed by atoms with Crippen LogP contribution in [0, 0.1) is 0 Å². The van der Waals surface area contributed by atoms with Gasteiger partial charge in [0, 0.05) is 6.54 Å². The summed E-state index contributed by atoms with van der Waals surface area (Å²) in [5, 5.41) is 11.8. The standard InChI is InChI=1S/C15H22N2O2/c16-14(15(18)19)10-17-8-7-11-5-6-12-3-1-2-4-13(12)9-11/h5-6,9,14,17H,1-4,7-8,10,16H2,(H,18,19). The normalized spacial score (nSPS) is 15.8. The van der Waals surface area contributed by atoms with Crippen molar-refractivity contribution in [2.75, 3.05) is 13.1 Å². The minimum atomic E-state index is -0.957. The highest BCUT2D eigenvalue weighted by Crippen LogP contribution is 2.22. The number of aryl methyl sites for hydroxylation is 2. The molecule has 0 saturated heterocycles. The van der Waals surface area contributed by atoms with Crippen molar-refractivity contribution in [3.63, 3.8) is 0 Å². The number of benzene rings is 1. The van der Waals surface area contributed by atoms with Crippen LogP contribution in [0.2, 0.25) is 0 Å². The van der Waals surface area contributed by atoms with Gasteiger partial charge in [-0.1, -0.05) is 18.2 Å². The lowest BCUT2D eigenvalue weighted by Gasteiger charge is -2.16. The van der Waals surface area contributed by atoms with Gasteiger partial charge in [-0.25, -0.2) is 0 Å². The van der Waals surface area contributed by atoms with Gasteiger partial charge in [0.15, 0.2) is 0 Å². The van der Waals surface area contributed by atoms with Crippen molar-refractivity contribution in [2.45, 2.75) is 38.1 Å². The summed E-state index contributed by atoms with van der Waals surface area (Å²) < 4.78 is 0. The van der Waals surface area contributed by atoms with Crippen LogP contribution in [0.1, 0.15) is 29.5 Å². The topological polar surface area (TPSA) is 75.3 Å². The molecular formula is C15H22N2O2. The number of aliphatic carboxylic acids is 1. The summed E-state index contributed by atoms with van der Waals surface area (Å²) >= 11 is 0. The van der Waals surface area contributed by atoms with E-state index in [1.165, 1.54) is 42.4 Å². The maximum absolute atomic E-state index is 10.6. The largest absolute Gasteiger partial charge is 0.480 e. The Labute approximate surface area is 114 Å². The molecule has 0 aliphatic heterocycles. The Kier molecular flexibility index (Phi) is 4.93. The highest BCUT2D eigenvalue weighted by molar-refractivity contribution is 5.73. The smallest absolute Gasteiger partial charge is 0.321 e. The SMILES string of the molecule is NC(CNCCc1ccc2c(c1)CCCC2)C(=O)O. The number of rotatable bonds is 6. The van der Waals surface area contributed by atoms with Gasteiger partial charge in [-0.3, -0.25) is 4.79 Å².